The summed E-state index contributed by atoms with van der Waals surface area (Å²) in [5.74, 6) is 3.67. The van der Waals surface area contributed by atoms with Crippen molar-refractivity contribution in [3.63, 3.8) is 0 Å². The fourth-order valence-corrected chi connectivity index (χ4v) is 2.57. The van der Waals surface area contributed by atoms with E-state index < -0.39 is 0 Å². The molecule has 0 saturated heterocycles. The van der Waals surface area contributed by atoms with E-state index in [0.29, 0.717) is 30.1 Å². The van der Waals surface area contributed by atoms with Gasteiger partial charge in [0.15, 0.2) is 11.5 Å². The molecule has 5 heteroatoms. The van der Waals surface area contributed by atoms with Gasteiger partial charge in [0, 0.05) is 16.7 Å². The lowest BCUT2D eigenvalue weighted by atomic mass is 10.1. The first-order valence-electron chi connectivity index (χ1n) is 8.83. The van der Waals surface area contributed by atoms with E-state index in [9.17, 15) is 0 Å². The lowest BCUT2D eigenvalue weighted by Crippen LogP contribution is -2.04. The van der Waals surface area contributed by atoms with Crippen LogP contribution in [0.2, 0.25) is 0 Å². The summed E-state index contributed by atoms with van der Waals surface area (Å²) < 4.78 is 11.4. The molecule has 142 valence electrons. The molecule has 0 aliphatic heterocycles. The molecule has 2 rings (SSSR count). The van der Waals surface area contributed by atoms with Gasteiger partial charge in [-0.2, -0.15) is 5.26 Å². The molecule has 5 nitrogen and oxygen atoms in total. The third-order valence-electron chi connectivity index (χ3n) is 3.75. The molecule has 0 amide bonds. The van der Waals surface area contributed by atoms with Gasteiger partial charge < -0.3 is 14.3 Å². The summed E-state index contributed by atoms with van der Waals surface area (Å²) >= 11 is 0. The average molecular weight is 374 g/mol. The molecule has 0 N–H and O–H groups in total. The maximum Gasteiger partial charge on any atom is 0.166 e. The molecule has 0 aromatic heterocycles. The first kappa shape index (κ1) is 20.6. The molecule has 0 atom stereocenters. The van der Waals surface area contributed by atoms with Crippen molar-refractivity contribution in [3.8, 4) is 29.9 Å². The highest BCUT2D eigenvalue weighted by Gasteiger charge is 2.12. The van der Waals surface area contributed by atoms with Gasteiger partial charge in [0.05, 0.1) is 24.5 Å². The smallest absolute Gasteiger partial charge is 0.166 e. The predicted octanol–water partition coefficient (Wildman–Crippen LogP) is 4.25. The summed E-state index contributed by atoms with van der Waals surface area (Å²) in [6, 6.07) is 13.1. The van der Waals surface area contributed by atoms with Gasteiger partial charge in [-0.25, -0.2) is 0 Å². The van der Waals surface area contributed by atoms with Crippen molar-refractivity contribution in [1.82, 2.24) is 0 Å². The van der Waals surface area contributed by atoms with Crippen LogP contribution in [0.3, 0.4) is 0 Å². The third-order valence-corrected chi connectivity index (χ3v) is 3.75. The molecule has 0 spiro atoms. The highest BCUT2D eigenvalue weighted by Crippen LogP contribution is 2.33. The van der Waals surface area contributed by atoms with E-state index in [0.717, 1.165) is 16.7 Å². The van der Waals surface area contributed by atoms with E-state index in [4.69, 9.17) is 26.0 Å². The van der Waals surface area contributed by atoms with E-state index in [2.05, 4.69) is 23.7 Å². The van der Waals surface area contributed by atoms with Gasteiger partial charge in [-0.1, -0.05) is 35.4 Å². The number of allylic oxidation sites excluding steroid dienone is 1. The van der Waals surface area contributed by atoms with Crippen LogP contribution in [0.15, 0.2) is 54.2 Å². The van der Waals surface area contributed by atoms with Crippen LogP contribution in [0.5, 0.6) is 11.5 Å². The first-order valence-corrected chi connectivity index (χ1v) is 8.83. The van der Waals surface area contributed by atoms with Gasteiger partial charge in [-0.15, -0.1) is 13.0 Å². The Balaban J connectivity index is 2.19. The second-order valence-electron chi connectivity index (χ2n) is 5.70. The van der Waals surface area contributed by atoms with E-state index >= 15 is 0 Å². The van der Waals surface area contributed by atoms with E-state index in [-0.39, 0.29) is 13.2 Å². The van der Waals surface area contributed by atoms with E-state index in [1.54, 1.807) is 18.4 Å². The predicted molar refractivity (Wildman–Crippen MR) is 109 cm³/mol. The lowest BCUT2D eigenvalue weighted by Gasteiger charge is -2.15. The summed E-state index contributed by atoms with van der Waals surface area (Å²) in [5.41, 5.74) is 3.04. The summed E-state index contributed by atoms with van der Waals surface area (Å²) in [4.78, 5) is 5.36. The maximum absolute atomic E-state index is 9.11. The highest BCUT2D eigenvalue weighted by molar-refractivity contribution is 5.81. The Labute approximate surface area is 165 Å². The van der Waals surface area contributed by atoms with Crippen molar-refractivity contribution in [2.45, 2.75) is 20.0 Å². The monoisotopic (exact) mass is 374 g/mol. The van der Waals surface area contributed by atoms with E-state index in [1.165, 1.54) is 0 Å². The minimum Gasteiger partial charge on any atom is -0.490 e. The Morgan fingerprint density at radius 2 is 2.04 bits per heavy atom. The Morgan fingerprint density at radius 1 is 1.21 bits per heavy atom. The summed E-state index contributed by atoms with van der Waals surface area (Å²) in [7, 11) is 0. The Bertz CT molecular complexity index is 920. The normalized spacial score (nSPS) is 10.1. The number of hydrogen-bond acceptors (Lipinski definition) is 5. The van der Waals surface area contributed by atoms with Crippen LogP contribution in [0.25, 0.3) is 0 Å². The molecule has 0 aliphatic carbocycles. The van der Waals surface area contributed by atoms with Crippen molar-refractivity contribution in [2.75, 3.05) is 13.2 Å². The second kappa shape index (κ2) is 11.1. The standard InChI is InChI=1S/C23H22N2O3/c1-4-9-19-13-18(14-22(26-6-3)23(19)27-12-5-2)16-25-28-17-21-11-8-7-10-20(21)15-24/h2,4,7-8,10-11,13-14,16H,1,6,9,12,17H2,3H3/b25-16-. The number of rotatable bonds is 10. The molecule has 0 fully saturated rings. The molecular formula is C23H22N2O3. The first-order chi connectivity index (χ1) is 13.7. The number of hydrogen-bond donors (Lipinski definition) is 0. The number of nitriles is 1. The van der Waals surface area contributed by atoms with Gasteiger partial charge in [0.2, 0.25) is 0 Å². The van der Waals surface area contributed by atoms with Gasteiger partial charge in [0.1, 0.15) is 13.2 Å². The van der Waals surface area contributed by atoms with Crippen molar-refractivity contribution in [1.29, 1.82) is 5.26 Å². The van der Waals surface area contributed by atoms with Crippen LogP contribution in [0.4, 0.5) is 0 Å². The van der Waals surface area contributed by atoms with Gasteiger partial charge in [0.25, 0.3) is 0 Å². The Morgan fingerprint density at radius 3 is 2.75 bits per heavy atom. The lowest BCUT2D eigenvalue weighted by molar-refractivity contribution is 0.132. The quantitative estimate of drug-likeness (QED) is 0.270. The number of nitrogens with zero attached hydrogens (tertiary/aromatic N) is 2. The van der Waals surface area contributed by atoms with Crippen LogP contribution < -0.4 is 9.47 Å². The van der Waals surface area contributed by atoms with Crippen LogP contribution in [-0.4, -0.2) is 19.4 Å². The molecule has 0 heterocycles. The number of ether oxygens (including phenoxy) is 2. The van der Waals surface area contributed by atoms with Crippen molar-refractivity contribution in [3.05, 3.63) is 71.3 Å². The zero-order chi connectivity index (χ0) is 20.2. The summed E-state index contributed by atoms with van der Waals surface area (Å²) in [6.07, 6.45) is 9.28. The van der Waals surface area contributed by atoms with Gasteiger partial charge in [-0.05, 0) is 31.5 Å². The zero-order valence-corrected chi connectivity index (χ0v) is 15.9. The topological polar surface area (TPSA) is 63.8 Å². The minimum atomic E-state index is 0.152. The SMILES string of the molecule is C#CCOc1c(CC=C)cc(/C=N\OCc2ccccc2C#N)cc1OCC. The fourth-order valence-electron chi connectivity index (χ4n) is 2.57. The molecule has 2 aromatic rings. The Kier molecular flexibility index (Phi) is 8.17. The summed E-state index contributed by atoms with van der Waals surface area (Å²) in [6.45, 7) is 6.53. The third kappa shape index (κ3) is 5.65. The largest absolute Gasteiger partial charge is 0.490 e. The van der Waals surface area contributed by atoms with Crippen molar-refractivity contribution >= 4 is 6.21 Å². The average Bonchev–Trinajstić information content (AvgIpc) is 2.71. The van der Waals surface area contributed by atoms with Crippen LogP contribution in [0, 0.1) is 23.7 Å². The molecule has 0 radical (unpaired) electrons. The van der Waals surface area contributed by atoms with E-state index in [1.807, 2.05) is 37.3 Å². The minimum absolute atomic E-state index is 0.152. The number of benzene rings is 2. The van der Waals surface area contributed by atoms with Crippen molar-refractivity contribution in [2.24, 2.45) is 5.16 Å². The molecule has 0 bridgehead atoms. The summed E-state index contributed by atoms with van der Waals surface area (Å²) in [5, 5.41) is 13.1. The Hall–Kier alpha value is -3.70. The molecular weight excluding hydrogens is 352 g/mol. The van der Waals surface area contributed by atoms with Crippen LogP contribution >= 0.6 is 0 Å². The highest BCUT2D eigenvalue weighted by atomic mass is 16.6. The van der Waals surface area contributed by atoms with Crippen LogP contribution in [-0.2, 0) is 17.9 Å². The van der Waals surface area contributed by atoms with Gasteiger partial charge >= 0.3 is 0 Å². The van der Waals surface area contributed by atoms with Crippen molar-refractivity contribution < 1.29 is 14.3 Å². The van der Waals surface area contributed by atoms with Gasteiger partial charge in [-0.3, -0.25) is 0 Å². The molecule has 28 heavy (non-hydrogen) atoms. The maximum atomic E-state index is 9.11. The molecule has 2 aromatic carbocycles. The molecule has 0 saturated carbocycles. The fraction of sp³-hybridized carbons (Fsp3) is 0.217. The number of terminal acetylenes is 1. The molecule has 0 aliphatic rings. The van der Waals surface area contributed by atoms with Crippen LogP contribution in [0.1, 0.15) is 29.2 Å². The number of oxime groups is 1. The molecule has 0 unspecified atom stereocenters. The zero-order valence-electron chi connectivity index (χ0n) is 15.9. The second-order valence-corrected chi connectivity index (χ2v) is 5.70.